The van der Waals surface area contributed by atoms with Crippen LogP contribution in [0.3, 0.4) is 0 Å². The fraction of sp³-hybridized carbons (Fsp3) is 0.333. The lowest BCUT2D eigenvalue weighted by Crippen LogP contribution is -2.33. The molecular formula is C21H24FN. The van der Waals surface area contributed by atoms with Crippen molar-refractivity contribution in [2.75, 3.05) is 13.1 Å². The highest BCUT2D eigenvalue weighted by atomic mass is 19.1. The molecule has 0 aliphatic carbocycles. The maximum atomic E-state index is 13.8. The third-order valence-corrected chi connectivity index (χ3v) is 4.64. The van der Waals surface area contributed by atoms with Gasteiger partial charge in [-0.15, -0.1) is 0 Å². The molecule has 3 rings (SSSR count). The summed E-state index contributed by atoms with van der Waals surface area (Å²) in [4.78, 5) is 0. The van der Waals surface area contributed by atoms with E-state index in [4.69, 9.17) is 0 Å². The monoisotopic (exact) mass is 309 g/mol. The number of allylic oxidation sites excluding steroid dienone is 1. The average molecular weight is 309 g/mol. The Bertz CT molecular complexity index is 671. The van der Waals surface area contributed by atoms with Crippen LogP contribution in [0.5, 0.6) is 0 Å². The minimum Gasteiger partial charge on any atom is -0.316 e. The molecule has 0 radical (unpaired) electrons. The first-order valence-electron chi connectivity index (χ1n) is 8.47. The fourth-order valence-corrected chi connectivity index (χ4v) is 3.65. The number of halogens is 1. The van der Waals surface area contributed by atoms with Gasteiger partial charge in [-0.1, -0.05) is 48.6 Å². The van der Waals surface area contributed by atoms with E-state index >= 15 is 0 Å². The summed E-state index contributed by atoms with van der Waals surface area (Å²) in [6, 6.07) is 15.7. The fourth-order valence-electron chi connectivity index (χ4n) is 3.65. The van der Waals surface area contributed by atoms with Gasteiger partial charge in [0.25, 0.3) is 0 Å². The van der Waals surface area contributed by atoms with Crippen molar-refractivity contribution in [2.24, 2.45) is 5.92 Å². The number of hydrogen-bond donors (Lipinski definition) is 1. The summed E-state index contributed by atoms with van der Waals surface area (Å²) in [6.45, 7) is 4.11. The molecule has 0 amide bonds. The summed E-state index contributed by atoms with van der Waals surface area (Å²) in [5.41, 5.74) is 3.56. The maximum Gasteiger partial charge on any atom is 0.123 e. The Morgan fingerprint density at radius 3 is 2.61 bits per heavy atom. The van der Waals surface area contributed by atoms with Gasteiger partial charge in [-0.05, 0) is 67.6 Å². The van der Waals surface area contributed by atoms with E-state index in [-0.39, 0.29) is 11.7 Å². The third kappa shape index (κ3) is 3.89. The second-order valence-corrected chi connectivity index (χ2v) is 6.31. The molecule has 1 N–H and O–H groups in total. The Morgan fingerprint density at radius 1 is 1.13 bits per heavy atom. The Hall–Kier alpha value is -1.93. The molecule has 2 aromatic carbocycles. The highest BCUT2D eigenvalue weighted by Crippen LogP contribution is 2.36. The quantitative estimate of drug-likeness (QED) is 0.839. The highest BCUT2D eigenvalue weighted by Gasteiger charge is 2.26. The molecule has 1 aliphatic heterocycles. The van der Waals surface area contributed by atoms with E-state index < -0.39 is 0 Å². The van der Waals surface area contributed by atoms with Gasteiger partial charge in [0.1, 0.15) is 5.82 Å². The van der Waals surface area contributed by atoms with Gasteiger partial charge < -0.3 is 5.32 Å². The van der Waals surface area contributed by atoms with Crippen molar-refractivity contribution < 1.29 is 4.39 Å². The molecule has 0 saturated carbocycles. The van der Waals surface area contributed by atoms with E-state index in [0.717, 1.165) is 18.7 Å². The largest absolute Gasteiger partial charge is 0.316 e. The van der Waals surface area contributed by atoms with E-state index in [1.54, 1.807) is 6.07 Å². The normalized spacial score (nSPS) is 19.8. The molecule has 0 bridgehead atoms. The molecule has 2 aromatic rings. The molecule has 23 heavy (non-hydrogen) atoms. The summed E-state index contributed by atoms with van der Waals surface area (Å²) in [5.74, 6) is 0.594. The maximum absolute atomic E-state index is 13.8. The molecular weight excluding hydrogens is 285 g/mol. The molecule has 0 aromatic heterocycles. The molecule has 1 aliphatic rings. The van der Waals surface area contributed by atoms with E-state index in [1.165, 1.54) is 30.0 Å². The molecule has 120 valence electrons. The van der Waals surface area contributed by atoms with Gasteiger partial charge in [-0.2, -0.15) is 0 Å². The standard InChI is InChI=1S/C21H24FN/c1-2-6-16-7-3-8-17(13-16)21(19-10-5-12-23-15-19)18-9-4-11-20(22)14-18/h2-4,6-9,11,13-14,19,21,23H,5,10,12,15H2,1H3/b6-2+. The zero-order chi connectivity index (χ0) is 16.1. The number of nitrogens with one attached hydrogen (secondary N) is 1. The Morgan fingerprint density at radius 2 is 1.91 bits per heavy atom. The van der Waals surface area contributed by atoms with Crippen LogP contribution >= 0.6 is 0 Å². The van der Waals surface area contributed by atoms with Crippen LogP contribution in [0, 0.1) is 11.7 Å². The van der Waals surface area contributed by atoms with Gasteiger partial charge in [-0.3, -0.25) is 0 Å². The van der Waals surface area contributed by atoms with Gasteiger partial charge in [-0.25, -0.2) is 4.39 Å². The van der Waals surface area contributed by atoms with Gasteiger partial charge in [0.2, 0.25) is 0 Å². The van der Waals surface area contributed by atoms with Crippen molar-refractivity contribution in [3.8, 4) is 0 Å². The first-order chi connectivity index (χ1) is 11.3. The number of rotatable bonds is 4. The Balaban J connectivity index is 2.02. The first kappa shape index (κ1) is 15.9. The SMILES string of the molecule is C/C=C/c1cccc(C(c2cccc(F)c2)C2CCCNC2)c1. The van der Waals surface area contributed by atoms with Crippen molar-refractivity contribution in [3.05, 3.63) is 77.1 Å². The molecule has 1 nitrogen and oxygen atoms in total. The van der Waals surface area contributed by atoms with Crippen LogP contribution in [0.25, 0.3) is 6.08 Å². The van der Waals surface area contributed by atoms with Crippen molar-refractivity contribution in [3.63, 3.8) is 0 Å². The lowest BCUT2D eigenvalue weighted by atomic mass is 9.77. The third-order valence-electron chi connectivity index (χ3n) is 4.64. The lowest BCUT2D eigenvalue weighted by molar-refractivity contribution is 0.346. The summed E-state index contributed by atoms with van der Waals surface area (Å²) < 4.78 is 13.8. The highest BCUT2D eigenvalue weighted by molar-refractivity contribution is 5.51. The summed E-state index contributed by atoms with van der Waals surface area (Å²) >= 11 is 0. The summed E-state index contributed by atoms with van der Waals surface area (Å²) in [7, 11) is 0. The second kappa shape index (κ2) is 7.56. The number of piperidine rings is 1. The van der Waals surface area contributed by atoms with Crippen molar-refractivity contribution >= 4 is 6.08 Å². The zero-order valence-electron chi connectivity index (χ0n) is 13.6. The molecule has 1 fully saturated rings. The Labute approximate surface area is 138 Å². The van der Waals surface area contributed by atoms with E-state index in [2.05, 4.69) is 47.8 Å². The van der Waals surface area contributed by atoms with Crippen molar-refractivity contribution in [1.82, 2.24) is 5.32 Å². The number of benzene rings is 2. The molecule has 2 heteroatoms. The minimum absolute atomic E-state index is 0.152. The smallest absolute Gasteiger partial charge is 0.123 e. The summed E-state index contributed by atoms with van der Waals surface area (Å²) in [6.07, 6.45) is 6.54. The molecule has 0 spiro atoms. The minimum atomic E-state index is -0.152. The summed E-state index contributed by atoms with van der Waals surface area (Å²) in [5, 5.41) is 3.50. The average Bonchev–Trinajstić information content (AvgIpc) is 2.57. The van der Waals surface area contributed by atoms with Crippen LogP contribution in [0.1, 0.15) is 42.4 Å². The first-order valence-corrected chi connectivity index (χ1v) is 8.47. The van der Waals surface area contributed by atoms with Gasteiger partial charge >= 0.3 is 0 Å². The molecule has 1 saturated heterocycles. The Kier molecular flexibility index (Phi) is 5.24. The van der Waals surface area contributed by atoms with Crippen LogP contribution < -0.4 is 5.32 Å². The topological polar surface area (TPSA) is 12.0 Å². The van der Waals surface area contributed by atoms with E-state index in [0.29, 0.717) is 5.92 Å². The van der Waals surface area contributed by atoms with Gasteiger partial charge in [0.05, 0.1) is 0 Å². The van der Waals surface area contributed by atoms with Crippen LogP contribution in [0.15, 0.2) is 54.6 Å². The molecule has 2 atom stereocenters. The number of hydrogen-bond acceptors (Lipinski definition) is 1. The van der Waals surface area contributed by atoms with Crippen LogP contribution in [-0.2, 0) is 0 Å². The van der Waals surface area contributed by atoms with Crippen molar-refractivity contribution in [1.29, 1.82) is 0 Å². The van der Waals surface area contributed by atoms with Crippen LogP contribution in [0.4, 0.5) is 4.39 Å². The zero-order valence-corrected chi connectivity index (χ0v) is 13.6. The van der Waals surface area contributed by atoms with Crippen molar-refractivity contribution in [2.45, 2.75) is 25.7 Å². The van der Waals surface area contributed by atoms with Gasteiger partial charge in [0.15, 0.2) is 0 Å². The van der Waals surface area contributed by atoms with Crippen LogP contribution in [-0.4, -0.2) is 13.1 Å². The predicted molar refractivity (Wildman–Crippen MR) is 95.0 cm³/mol. The molecule has 2 unspecified atom stereocenters. The van der Waals surface area contributed by atoms with Gasteiger partial charge in [0, 0.05) is 5.92 Å². The van der Waals surface area contributed by atoms with E-state index in [1.807, 2.05) is 13.0 Å². The lowest BCUT2D eigenvalue weighted by Gasteiger charge is -2.32. The predicted octanol–water partition coefficient (Wildman–Crippen LogP) is 4.99. The van der Waals surface area contributed by atoms with E-state index in [9.17, 15) is 4.39 Å². The second-order valence-electron chi connectivity index (χ2n) is 6.31. The molecule has 1 heterocycles. The van der Waals surface area contributed by atoms with Crippen LogP contribution in [0.2, 0.25) is 0 Å².